The van der Waals surface area contributed by atoms with Gasteiger partial charge >= 0.3 is 16.9 Å². The Morgan fingerprint density at radius 3 is 2.60 bits per heavy atom. The van der Waals surface area contributed by atoms with Crippen molar-refractivity contribution in [1.82, 2.24) is 0 Å². The highest BCUT2D eigenvalue weighted by atomic mass is 32.1. The monoisotopic (exact) mass is 297 g/mol. The molecule has 0 bridgehead atoms. The number of rotatable bonds is 3. The number of carbonyl (C=O) groups is 2. The number of benzene rings is 1. The number of nitrogens with two attached hydrogens (primary N) is 1. The lowest BCUT2D eigenvalue weighted by atomic mass is 10.2. The van der Waals surface area contributed by atoms with Gasteiger partial charge in [-0.1, -0.05) is 0 Å². The van der Waals surface area contributed by atoms with Crippen molar-refractivity contribution in [2.24, 2.45) is 5.73 Å². The maximum absolute atomic E-state index is 11.9. The van der Waals surface area contributed by atoms with Crippen LogP contribution < -0.4 is 10.5 Å². The fourth-order valence-electron chi connectivity index (χ4n) is 1.62. The third-order valence-corrected chi connectivity index (χ3v) is 3.66. The van der Waals surface area contributed by atoms with Gasteiger partial charge in [0.2, 0.25) is 5.52 Å². The van der Waals surface area contributed by atoms with Crippen molar-refractivity contribution >= 4 is 39.1 Å². The fourth-order valence-corrected chi connectivity index (χ4v) is 2.58. The molecule has 0 aliphatic carbocycles. The summed E-state index contributed by atoms with van der Waals surface area (Å²) in [5, 5.41) is 22.5. The average molecular weight is 297 g/mol. The molecule has 1 aromatic carbocycles. The molecule has 0 saturated heterocycles. The Morgan fingerprint density at radius 1 is 1.45 bits per heavy atom. The van der Waals surface area contributed by atoms with Crippen molar-refractivity contribution in [3.8, 4) is 0 Å². The third kappa shape index (κ3) is 2.01. The van der Waals surface area contributed by atoms with E-state index in [1.807, 2.05) is 0 Å². The van der Waals surface area contributed by atoms with Crippen LogP contribution in [-0.2, 0) is 4.74 Å². The standard InChI is InChI=1S/C10H7N3O6S/c1-19-10(15)4-2-5-7(6(3-4)13(17)18)20-9(8(11)14)12(5)16/h2-3H,1H3,(H2,11,14). The lowest BCUT2D eigenvalue weighted by Crippen LogP contribution is -2.34. The number of nitro groups is 1. The second-order valence-electron chi connectivity index (χ2n) is 3.66. The first-order valence-electron chi connectivity index (χ1n) is 5.09. The van der Waals surface area contributed by atoms with Gasteiger partial charge in [0.25, 0.3) is 5.69 Å². The lowest BCUT2D eigenvalue weighted by molar-refractivity contribution is -0.574. The predicted molar refractivity (Wildman–Crippen MR) is 67.3 cm³/mol. The van der Waals surface area contributed by atoms with E-state index in [0.29, 0.717) is 11.3 Å². The third-order valence-electron chi connectivity index (χ3n) is 2.48. The molecule has 2 N–H and O–H groups in total. The summed E-state index contributed by atoms with van der Waals surface area (Å²) in [6, 6.07) is 2.10. The molecule has 0 aliphatic rings. The van der Waals surface area contributed by atoms with Gasteiger partial charge < -0.3 is 15.7 Å². The minimum absolute atomic E-state index is 0.0357. The van der Waals surface area contributed by atoms with Gasteiger partial charge in [-0.3, -0.25) is 14.9 Å². The molecule has 0 unspecified atom stereocenters. The summed E-state index contributed by atoms with van der Waals surface area (Å²) in [6.45, 7) is 0. The van der Waals surface area contributed by atoms with Crippen molar-refractivity contribution < 1.29 is 24.0 Å². The summed E-state index contributed by atoms with van der Waals surface area (Å²) in [6.07, 6.45) is 0. The zero-order chi connectivity index (χ0) is 15.0. The number of non-ortho nitro benzene ring substituents is 1. The highest BCUT2D eigenvalue weighted by molar-refractivity contribution is 7.20. The van der Waals surface area contributed by atoms with Crippen LogP contribution in [0.5, 0.6) is 0 Å². The molecule has 0 aliphatic heterocycles. The SMILES string of the molecule is COC(=O)c1cc([N+](=O)[O-])c2sc(C(N)=O)[n+]([O-])c2c1. The number of carbonyl (C=O) groups excluding carboxylic acids is 2. The van der Waals surface area contributed by atoms with Crippen molar-refractivity contribution in [2.75, 3.05) is 7.11 Å². The number of nitrogens with zero attached hydrogens (tertiary/aromatic N) is 2. The number of ether oxygens (including phenoxy) is 1. The maximum atomic E-state index is 11.9. The quantitative estimate of drug-likeness (QED) is 0.284. The van der Waals surface area contributed by atoms with Crippen LogP contribution in [0.1, 0.15) is 20.2 Å². The van der Waals surface area contributed by atoms with Gasteiger partial charge in [-0.2, -0.15) is 0 Å². The highest BCUT2D eigenvalue weighted by Gasteiger charge is 2.29. The van der Waals surface area contributed by atoms with Gasteiger partial charge in [-0.25, -0.2) is 4.79 Å². The molecule has 1 heterocycles. The number of hydrogen-bond donors (Lipinski definition) is 1. The summed E-state index contributed by atoms with van der Waals surface area (Å²) in [4.78, 5) is 32.8. The molecule has 9 nitrogen and oxygen atoms in total. The lowest BCUT2D eigenvalue weighted by Gasteiger charge is -2.00. The number of methoxy groups -OCH3 is 1. The molecule has 10 heteroatoms. The minimum atomic E-state index is -1.00. The number of primary amides is 1. The number of nitro benzene ring substituents is 1. The van der Waals surface area contributed by atoms with E-state index in [0.717, 1.165) is 19.2 Å². The number of esters is 1. The number of amides is 1. The molecule has 104 valence electrons. The Labute approximate surface area is 114 Å². The first-order valence-corrected chi connectivity index (χ1v) is 5.91. The molecule has 0 fully saturated rings. The molecule has 20 heavy (non-hydrogen) atoms. The van der Waals surface area contributed by atoms with E-state index in [-0.39, 0.29) is 20.5 Å². The summed E-state index contributed by atoms with van der Waals surface area (Å²) in [5.41, 5.74) is 4.21. The predicted octanol–water partition coefficient (Wildman–Crippen LogP) is 0.328. The normalized spacial score (nSPS) is 10.4. The van der Waals surface area contributed by atoms with E-state index in [4.69, 9.17) is 5.73 Å². The molecule has 0 radical (unpaired) electrons. The van der Waals surface area contributed by atoms with Gasteiger partial charge in [0.1, 0.15) is 0 Å². The van der Waals surface area contributed by atoms with Crippen LogP contribution >= 0.6 is 11.3 Å². The van der Waals surface area contributed by atoms with E-state index < -0.39 is 27.5 Å². The summed E-state index contributed by atoms with van der Waals surface area (Å²) < 4.78 is 4.59. The van der Waals surface area contributed by atoms with Gasteiger partial charge in [-0.05, 0) is 11.3 Å². The second-order valence-corrected chi connectivity index (χ2v) is 4.66. The Hall–Kier alpha value is -2.75. The van der Waals surface area contributed by atoms with E-state index in [1.165, 1.54) is 0 Å². The fraction of sp³-hybridized carbons (Fsp3) is 0.100. The molecular weight excluding hydrogens is 290 g/mol. The molecule has 0 saturated carbocycles. The van der Waals surface area contributed by atoms with Crippen molar-refractivity contribution in [3.63, 3.8) is 0 Å². The molecule has 1 aromatic heterocycles. The number of hydrogen-bond acceptors (Lipinski definition) is 7. The van der Waals surface area contributed by atoms with E-state index in [1.54, 1.807) is 0 Å². The largest absolute Gasteiger partial charge is 0.617 e. The first kappa shape index (κ1) is 13.7. The molecular formula is C10H7N3O6S. The van der Waals surface area contributed by atoms with Crippen LogP contribution in [-0.4, -0.2) is 23.9 Å². The van der Waals surface area contributed by atoms with Gasteiger partial charge in [-0.15, -0.1) is 4.73 Å². The molecule has 0 atom stereocenters. The first-order chi connectivity index (χ1) is 9.36. The van der Waals surface area contributed by atoms with Crippen molar-refractivity contribution in [2.45, 2.75) is 0 Å². The second kappa shape index (κ2) is 4.74. The zero-order valence-electron chi connectivity index (χ0n) is 9.98. The molecule has 1 amide bonds. The minimum Gasteiger partial charge on any atom is -0.617 e. The summed E-state index contributed by atoms with van der Waals surface area (Å²) in [5.74, 6) is -1.84. The van der Waals surface area contributed by atoms with Crippen LogP contribution in [0.2, 0.25) is 0 Å². The Balaban J connectivity index is 2.86. The van der Waals surface area contributed by atoms with Crippen LogP contribution in [0.15, 0.2) is 12.1 Å². The Bertz CT molecular complexity index is 753. The summed E-state index contributed by atoms with van der Waals surface area (Å²) >= 11 is 0.597. The zero-order valence-corrected chi connectivity index (χ0v) is 10.8. The topological polar surface area (TPSA) is 139 Å². The van der Waals surface area contributed by atoms with Crippen LogP contribution in [0.3, 0.4) is 0 Å². The van der Waals surface area contributed by atoms with E-state index >= 15 is 0 Å². The molecule has 2 rings (SSSR count). The Kier molecular flexibility index (Phi) is 3.24. The number of fused-ring (bicyclic) bond motifs is 1. The van der Waals surface area contributed by atoms with Crippen LogP contribution in [0, 0.1) is 15.3 Å². The van der Waals surface area contributed by atoms with Crippen LogP contribution in [0.25, 0.3) is 10.2 Å². The van der Waals surface area contributed by atoms with Crippen molar-refractivity contribution in [1.29, 1.82) is 0 Å². The number of thiazole rings is 1. The van der Waals surface area contributed by atoms with E-state index in [9.17, 15) is 24.9 Å². The van der Waals surface area contributed by atoms with Gasteiger partial charge in [0.05, 0.1) is 17.6 Å². The molecule has 2 aromatic rings. The number of aromatic nitrogens is 1. The van der Waals surface area contributed by atoms with Gasteiger partial charge in [0, 0.05) is 12.1 Å². The van der Waals surface area contributed by atoms with Crippen molar-refractivity contribution in [3.05, 3.63) is 38.0 Å². The smallest absolute Gasteiger partial charge is 0.339 e. The Morgan fingerprint density at radius 2 is 2.10 bits per heavy atom. The van der Waals surface area contributed by atoms with Gasteiger partial charge in [0.15, 0.2) is 4.70 Å². The summed E-state index contributed by atoms with van der Waals surface area (Å²) in [7, 11) is 1.10. The molecule has 0 spiro atoms. The highest BCUT2D eigenvalue weighted by Crippen LogP contribution is 2.31. The maximum Gasteiger partial charge on any atom is 0.339 e. The van der Waals surface area contributed by atoms with E-state index in [2.05, 4.69) is 4.74 Å². The van der Waals surface area contributed by atoms with Crippen LogP contribution in [0.4, 0.5) is 5.69 Å². The average Bonchev–Trinajstić information content (AvgIpc) is 2.74.